The summed E-state index contributed by atoms with van der Waals surface area (Å²) < 4.78 is 10.9. The summed E-state index contributed by atoms with van der Waals surface area (Å²) in [5.41, 5.74) is 3.92. The minimum absolute atomic E-state index is 0.199. The fourth-order valence-electron chi connectivity index (χ4n) is 4.30. The highest BCUT2D eigenvalue weighted by molar-refractivity contribution is 5.94. The summed E-state index contributed by atoms with van der Waals surface area (Å²) in [5, 5.41) is 0. The van der Waals surface area contributed by atoms with Crippen LogP contribution in [0.15, 0.2) is 72.8 Å². The molecule has 0 amide bonds. The minimum Gasteiger partial charge on any atom is -0.456 e. The maximum absolute atomic E-state index is 12.7. The van der Waals surface area contributed by atoms with E-state index >= 15 is 0 Å². The van der Waals surface area contributed by atoms with E-state index in [2.05, 4.69) is 58.9 Å². The van der Waals surface area contributed by atoms with Gasteiger partial charge in [0.1, 0.15) is 11.4 Å². The Morgan fingerprint density at radius 1 is 0.595 bits per heavy atom. The summed E-state index contributed by atoms with van der Waals surface area (Å²) in [6, 6.07) is 22.9. The fourth-order valence-corrected chi connectivity index (χ4v) is 4.30. The van der Waals surface area contributed by atoms with Gasteiger partial charge >= 0.3 is 11.9 Å². The summed E-state index contributed by atoms with van der Waals surface area (Å²) in [6.45, 7) is 16.7. The molecule has 4 heteroatoms. The maximum Gasteiger partial charge on any atom is 0.343 e. The van der Waals surface area contributed by atoms with Gasteiger partial charge in [-0.2, -0.15) is 0 Å². The van der Waals surface area contributed by atoms with Gasteiger partial charge in [0.05, 0.1) is 11.1 Å². The minimum atomic E-state index is -0.579. The second kappa shape index (κ2) is 10.9. The number of ether oxygens (including phenoxy) is 2. The largest absolute Gasteiger partial charge is 0.456 e. The van der Waals surface area contributed by atoms with Crippen LogP contribution in [0.2, 0.25) is 0 Å². The average molecular weight is 501 g/mol. The third kappa shape index (κ3) is 6.68. The van der Waals surface area contributed by atoms with E-state index in [1.165, 1.54) is 11.1 Å². The average Bonchev–Trinajstić information content (AvgIpc) is 2.87. The van der Waals surface area contributed by atoms with E-state index in [9.17, 15) is 9.59 Å². The molecule has 4 nitrogen and oxygen atoms in total. The fraction of sp³-hybridized carbons (Fsp3) is 0.394. The third-order valence-electron chi connectivity index (χ3n) is 7.41. The van der Waals surface area contributed by atoms with Gasteiger partial charge in [-0.05, 0) is 92.1 Å². The smallest absolute Gasteiger partial charge is 0.343 e. The van der Waals surface area contributed by atoms with Crippen molar-refractivity contribution in [1.29, 1.82) is 0 Å². The molecule has 0 bridgehead atoms. The molecule has 37 heavy (non-hydrogen) atoms. The van der Waals surface area contributed by atoms with E-state index in [-0.39, 0.29) is 10.8 Å². The first-order chi connectivity index (χ1) is 17.3. The van der Waals surface area contributed by atoms with Crippen LogP contribution in [0.1, 0.15) is 106 Å². The molecule has 0 saturated carbocycles. The quantitative estimate of drug-likeness (QED) is 0.231. The summed E-state index contributed by atoms with van der Waals surface area (Å²) in [6.07, 6.45) is 2.22. The summed E-state index contributed by atoms with van der Waals surface area (Å²) in [5.74, 6) is -0.434. The molecule has 0 fully saturated rings. The number of benzene rings is 3. The number of hydrogen-bond acceptors (Lipinski definition) is 4. The lowest BCUT2D eigenvalue weighted by Crippen LogP contribution is -2.23. The first kappa shape index (κ1) is 28.2. The van der Waals surface area contributed by atoms with E-state index in [1.54, 1.807) is 24.3 Å². The lowest BCUT2D eigenvalue weighted by atomic mass is 9.74. The Morgan fingerprint density at radius 3 is 1.43 bits per heavy atom. The lowest BCUT2D eigenvalue weighted by molar-refractivity contribution is 0.00691. The Kier molecular flexibility index (Phi) is 8.32. The van der Waals surface area contributed by atoms with Crippen molar-refractivity contribution < 1.29 is 19.1 Å². The van der Waals surface area contributed by atoms with Crippen LogP contribution in [0, 0.1) is 0 Å². The Bertz CT molecular complexity index is 1210. The molecule has 0 aliphatic heterocycles. The van der Waals surface area contributed by atoms with Crippen molar-refractivity contribution in [2.45, 2.75) is 84.7 Å². The van der Waals surface area contributed by atoms with Crippen LogP contribution in [0.4, 0.5) is 0 Å². The number of carbonyl (C=O) groups excluding carboxylic acids is 2. The molecule has 0 radical (unpaired) electrons. The van der Waals surface area contributed by atoms with Crippen LogP contribution in [0.5, 0.6) is 5.75 Å². The van der Waals surface area contributed by atoms with E-state index in [4.69, 9.17) is 9.47 Å². The standard InChI is InChI=1S/C33H40O4/c1-9-33(8,10-2)27-17-15-25(16-18-27)32(6,7)26-19-21-28(22-20-26)36-29(34)23-11-13-24(14-12-23)30(35)37-31(3,4)5/h11-22H,9-10H2,1-8H3. The van der Waals surface area contributed by atoms with Gasteiger partial charge in [-0.1, -0.05) is 71.0 Å². The van der Waals surface area contributed by atoms with Crippen molar-refractivity contribution in [3.8, 4) is 5.75 Å². The predicted octanol–water partition coefficient (Wildman–Crippen LogP) is 8.26. The highest BCUT2D eigenvalue weighted by atomic mass is 16.6. The number of esters is 2. The zero-order valence-electron chi connectivity index (χ0n) is 23.5. The summed E-state index contributed by atoms with van der Waals surface area (Å²) in [4.78, 5) is 24.8. The lowest BCUT2D eigenvalue weighted by Gasteiger charge is -2.30. The molecular weight excluding hydrogens is 460 g/mol. The summed E-state index contributed by atoms with van der Waals surface area (Å²) >= 11 is 0. The Labute approximate surface area is 222 Å². The highest BCUT2D eigenvalue weighted by Crippen LogP contribution is 2.36. The molecule has 0 heterocycles. The SMILES string of the molecule is CCC(C)(CC)c1ccc(C(C)(C)c2ccc(OC(=O)c3ccc(C(=O)OC(C)(C)C)cc3)cc2)cc1. The van der Waals surface area contributed by atoms with E-state index in [0.29, 0.717) is 16.9 Å². The van der Waals surface area contributed by atoms with Crippen LogP contribution in [0.3, 0.4) is 0 Å². The van der Waals surface area contributed by atoms with Crippen molar-refractivity contribution in [2.24, 2.45) is 0 Å². The Hall–Kier alpha value is -3.40. The molecule has 0 aliphatic carbocycles. The monoisotopic (exact) mass is 500 g/mol. The molecular formula is C33H40O4. The molecule has 0 atom stereocenters. The predicted molar refractivity (Wildman–Crippen MR) is 150 cm³/mol. The van der Waals surface area contributed by atoms with Crippen molar-refractivity contribution in [2.75, 3.05) is 0 Å². The molecule has 0 aliphatic rings. The molecule has 196 valence electrons. The first-order valence-corrected chi connectivity index (χ1v) is 13.1. The van der Waals surface area contributed by atoms with E-state index < -0.39 is 17.5 Å². The number of carbonyl (C=O) groups is 2. The van der Waals surface area contributed by atoms with Gasteiger partial charge in [0, 0.05) is 5.41 Å². The van der Waals surface area contributed by atoms with Gasteiger partial charge in [0.2, 0.25) is 0 Å². The Morgan fingerprint density at radius 2 is 1.00 bits per heavy atom. The third-order valence-corrected chi connectivity index (χ3v) is 7.41. The second-order valence-electron chi connectivity index (χ2n) is 11.5. The van der Waals surface area contributed by atoms with Gasteiger partial charge < -0.3 is 9.47 Å². The van der Waals surface area contributed by atoms with Crippen molar-refractivity contribution in [1.82, 2.24) is 0 Å². The molecule has 3 rings (SSSR count). The molecule has 0 N–H and O–H groups in total. The molecule has 0 spiro atoms. The Balaban J connectivity index is 1.69. The zero-order valence-corrected chi connectivity index (χ0v) is 23.5. The van der Waals surface area contributed by atoms with Crippen molar-refractivity contribution in [3.63, 3.8) is 0 Å². The zero-order chi connectivity index (χ0) is 27.4. The molecule has 0 unspecified atom stereocenters. The van der Waals surface area contributed by atoms with Gasteiger partial charge in [0.15, 0.2) is 0 Å². The summed E-state index contributed by atoms with van der Waals surface area (Å²) in [7, 11) is 0. The number of rotatable bonds is 8. The molecule has 3 aromatic carbocycles. The van der Waals surface area contributed by atoms with Crippen LogP contribution >= 0.6 is 0 Å². The van der Waals surface area contributed by atoms with E-state index in [1.807, 2.05) is 45.0 Å². The molecule has 0 saturated heterocycles. The van der Waals surface area contributed by atoms with Gasteiger partial charge in [0.25, 0.3) is 0 Å². The first-order valence-electron chi connectivity index (χ1n) is 13.1. The van der Waals surface area contributed by atoms with Gasteiger partial charge in [-0.3, -0.25) is 0 Å². The van der Waals surface area contributed by atoms with Crippen LogP contribution in [0.25, 0.3) is 0 Å². The van der Waals surface area contributed by atoms with Gasteiger partial charge in [-0.25, -0.2) is 9.59 Å². The molecule has 0 aromatic heterocycles. The van der Waals surface area contributed by atoms with Crippen LogP contribution in [-0.4, -0.2) is 17.5 Å². The van der Waals surface area contributed by atoms with Crippen LogP contribution < -0.4 is 4.74 Å². The highest BCUT2D eigenvalue weighted by Gasteiger charge is 2.26. The maximum atomic E-state index is 12.7. The van der Waals surface area contributed by atoms with Crippen molar-refractivity contribution >= 4 is 11.9 Å². The number of hydrogen-bond donors (Lipinski definition) is 0. The van der Waals surface area contributed by atoms with Crippen molar-refractivity contribution in [3.05, 3.63) is 101 Å². The molecule has 3 aromatic rings. The topological polar surface area (TPSA) is 52.6 Å². The van der Waals surface area contributed by atoms with E-state index in [0.717, 1.165) is 18.4 Å². The van der Waals surface area contributed by atoms with Crippen LogP contribution in [-0.2, 0) is 15.6 Å². The second-order valence-corrected chi connectivity index (χ2v) is 11.5. The normalized spacial score (nSPS) is 12.2. The van der Waals surface area contributed by atoms with Gasteiger partial charge in [-0.15, -0.1) is 0 Å².